The maximum atomic E-state index is 13.1. The van der Waals surface area contributed by atoms with E-state index in [-0.39, 0.29) is 30.3 Å². The second kappa shape index (κ2) is 13.3. The minimum absolute atomic E-state index is 0.0117. The van der Waals surface area contributed by atoms with Gasteiger partial charge in [-0.1, -0.05) is 72.8 Å². The first kappa shape index (κ1) is 29.4. The van der Waals surface area contributed by atoms with Crippen LogP contribution in [-0.2, 0) is 32.6 Å². The third-order valence-electron chi connectivity index (χ3n) is 7.27. The summed E-state index contributed by atoms with van der Waals surface area (Å²) in [6.45, 7) is 0.115. The van der Waals surface area contributed by atoms with Gasteiger partial charge < -0.3 is 14.6 Å². The average molecular weight is 614 g/mol. The third-order valence-corrected chi connectivity index (χ3v) is 9.78. The first-order valence-electron chi connectivity index (χ1n) is 14.0. The van der Waals surface area contributed by atoms with Crippen molar-refractivity contribution in [2.75, 3.05) is 5.75 Å². The van der Waals surface area contributed by atoms with E-state index in [1.54, 1.807) is 42.4 Å². The number of thioether (sulfide) groups is 1. The Kier molecular flexibility index (Phi) is 9.13. The maximum Gasteiger partial charge on any atom is 0.243 e. The zero-order valence-corrected chi connectivity index (χ0v) is 24.9. The fourth-order valence-corrected chi connectivity index (χ4v) is 7.05. The molecular weight excluding hydrogens is 583 g/mol. The fourth-order valence-electron chi connectivity index (χ4n) is 4.98. The van der Waals surface area contributed by atoms with E-state index in [0.29, 0.717) is 17.7 Å². The number of pyridine rings is 2. The molecule has 0 amide bonds. The quantitative estimate of drug-likeness (QED) is 0.186. The van der Waals surface area contributed by atoms with Crippen molar-refractivity contribution in [3.63, 3.8) is 0 Å². The van der Waals surface area contributed by atoms with Crippen LogP contribution in [-0.4, -0.2) is 35.3 Å². The lowest BCUT2D eigenvalue weighted by Crippen LogP contribution is -2.31. The van der Waals surface area contributed by atoms with Crippen molar-refractivity contribution < 1.29 is 23.0 Å². The number of aliphatic hydroxyl groups excluding tert-OH is 1. The Balaban J connectivity index is 1.16. The minimum atomic E-state index is -3.78. The molecule has 1 unspecified atom stereocenters. The van der Waals surface area contributed by atoms with Crippen LogP contribution in [0.2, 0.25) is 0 Å². The zero-order chi connectivity index (χ0) is 29.6. The van der Waals surface area contributed by atoms with Crippen LogP contribution < -0.4 is 4.72 Å². The number of para-hydroxylation sites is 1. The van der Waals surface area contributed by atoms with Gasteiger partial charge in [0, 0.05) is 42.1 Å². The van der Waals surface area contributed by atoms with Crippen LogP contribution in [0.15, 0.2) is 119 Å². The Labute approximate surface area is 255 Å². The minimum Gasteiger partial charge on any atom is -0.392 e. The van der Waals surface area contributed by atoms with Crippen LogP contribution >= 0.6 is 11.8 Å². The van der Waals surface area contributed by atoms with Crippen molar-refractivity contribution in [2.45, 2.75) is 48.0 Å². The van der Waals surface area contributed by atoms with Crippen molar-refractivity contribution >= 4 is 32.7 Å². The van der Waals surface area contributed by atoms with E-state index in [2.05, 4.69) is 14.7 Å². The highest BCUT2D eigenvalue weighted by Gasteiger charge is 2.32. The molecule has 1 fully saturated rings. The molecule has 3 aromatic carbocycles. The summed E-state index contributed by atoms with van der Waals surface area (Å²) in [5.41, 5.74) is 3.95. The Bertz CT molecular complexity index is 1760. The van der Waals surface area contributed by atoms with Gasteiger partial charge in [0.25, 0.3) is 0 Å². The van der Waals surface area contributed by atoms with Gasteiger partial charge in [0.1, 0.15) is 4.90 Å². The number of hydrogen-bond donors (Lipinski definition) is 2. The van der Waals surface area contributed by atoms with Gasteiger partial charge in [0.15, 0.2) is 6.29 Å². The number of nitrogens with zero attached hydrogens (tertiary/aromatic N) is 2. The van der Waals surface area contributed by atoms with Crippen molar-refractivity contribution in [1.29, 1.82) is 0 Å². The number of aliphatic hydroxyl groups is 1. The van der Waals surface area contributed by atoms with Crippen LogP contribution in [0, 0.1) is 0 Å². The summed E-state index contributed by atoms with van der Waals surface area (Å²) in [7, 11) is -3.78. The number of aromatic nitrogens is 2. The van der Waals surface area contributed by atoms with Crippen molar-refractivity contribution in [1.82, 2.24) is 14.7 Å². The number of fused-ring (bicyclic) bond motifs is 1. The van der Waals surface area contributed by atoms with E-state index >= 15 is 0 Å². The lowest BCUT2D eigenvalue weighted by atomic mass is 10.0. The lowest BCUT2D eigenvalue weighted by Gasteiger charge is -2.36. The molecule has 2 N–H and O–H groups in total. The number of hydrogen-bond acceptors (Lipinski definition) is 8. The molecule has 1 aliphatic heterocycles. The Hall–Kier alpha value is -3.64. The van der Waals surface area contributed by atoms with E-state index in [1.807, 2.05) is 78.9 Å². The van der Waals surface area contributed by atoms with Crippen molar-refractivity contribution in [2.24, 2.45) is 0 Å². The van der Waals surface area contributed by atoms with E-state index < -0.39 is 16.3 Å². The molecule has 1 saturated heterocycles. The molecule has 0 saturated carbocycles. The Morgan fingerprint density at radius 2 is 1.56 bits per heavy atom. The monoisotopic (exact) mass is 613 g/mol. The Morgan fingerprint density at radius 3 is 2.33 bits per heavy atom. The van der Waals surface area contributed by atoms with Gasteiger partial charge in [-0.15, -0.1) is 11.8 Å². The molecule has 8 nitrogen and oxygen atoms in total. The molecule has 10 heteroatoms. The fraction of sp³-hybridized carbons (Fsp3) is 0.212. The molecule has 6 rings (SSSR count). The molecule has 3 atom stereocenters. The molecule has 2 aromatic heterocycles. The summed E-state index contributed by atoms with van der Waals surface area (Å²) < 4.78 is 41.8. The molecule has 0 radical (unpaired) electrons. The molecule has 5 aromatic rings. The maximum absolute atomic E-state index is 13.1. The molecule has 3 heterocycles. The van der Waals surface area contributed by atoms with Gasteiger partial charge in [-0.05, 0) is 41.0 Å². The molecule has 0 bridgehead atoms. The van der Waals surface area contributed by atoms with Gasteiger partial charge in [-0.3, -0.25) is 4.98 Å². The topological polar surface area (TPSA) is 111 Å². The van der Waals surface area contributed by atoms with E-state index in [4.69, 9.17) is 9.47 Å². The zero-order valence-electron chi connectivity index (χ0n) is 23.2. The van der Waals surface area contributed by atoms with Crippen LogP contribution in [0.4, 0.5) is 0 Å². The summed E-state index contributed by atoms with van der Waals surface area (Å²) in [6.07, 6.45) is 3.17. The van der Waals surface area contributed by atoms with Gasteiger partial charge in [-0.2, -0.15) is 0 Å². The summed E-state index contributed by atoms with van der Waals surface area (Å²) >= 11 is 1.64. The van der Waals surface area contributed by atoms with E-state index in [9.17, 15) is 13.5 Å². The highest BCUT2D eigenvalue weighted by Crippen LogP contribution is 2.39. The largest absolute Gasteiger partial charge is 0.392 e. The molecule has 0 aliphatic carbocycles. The smallest absolute Gasteiger partial charge is 0.243 e. The van der Waals surface area contributed by atoms with E-state index in [1.165, 1.54) is 0 Å². The predicted octanol–water partition coefficient (Wildman–Crippen LogP) is 5.94. The average Bonchev–Trinajstić information content (AvgIpc) is 3.07. The Morgan fingerprint density at radius 1 is 0.814 bits per heavy atom. The lowest BCUT2D eigenvalue weighted by molar-refractivity contribution is -0.245. The highest BCUT2D eigenvalue weighted by atomic mass is 32.2. The molecule has 43 heavy (non-hydrogen) atoms. The van der Waals surface area contributed by atoms with Gasteiger partial charge in [-0.25, -0.2) is 18.1 Å². The first-order valence-corrected chi connectivity index (χ1v) is 16.4. The number of benzene rings is 3. The second-order valence-corrected chi connectivity index (χ2v) is 13.0. The van der Waals surface area contributed by atoms with Crippen molar-refractivity contribution in [3.8, 4) is 0 Å². The number of ether oxygens (including phenoxy) is 2. The summed E-state index contributed by atoms with van der Waals surface area (Å²) in [5, 5.41) is 11.2. The van der Waals surface area contributed by atoms with Gasteiger partial charge >= 0.3 is 0 Å². The number of rotatable bonds is 10. The van der Waals surface area contributed by atoms with Crippen LogP contribution in [0.1, 0.15) is 41.1 Å². The van der Waals surface area contributed by atoms with Crippen LogP contribution in [0.5, 0.6) is 0 Å². The van der Waals surface area contributed by atoms with E-state index in [0.717, 1.165) is 32.7 Å². The standard InChI is InChI=1S/C33H31N3O5S2/c37-21-24-11-13-25(14-12-24)29-19-28(22-42-31-8-1-2-17-34-31)40-33(41-29)27-15-9-23(10-16-27)20-36-43(38,39)30-7-3-5-26-6-4-18-35-32(26)30/h1-18,28-29,33,36-37H,19-22H2/t28-,29+,33?/m0/s1. The first-order chi connectivity index (χ1) is 21.0. The predicted molar refractivity (Wildman–Crippen MR) is 166 cm³/mol. The summed E-state index contributed by atoms with van der Waals surface area (Å²) in [4.78, 5) is 8.84. The SMILES string of the molecule is O=S(=O)(NCc1ccc(C2O[C@H](CSc3ccccn3)C[C@H](c3ccc(CO)cc3)O2)cc1)c1cccc2cccnc12. The van der Waals surface area contributed by atoms with Gasteiger partial charge in [0.2, 0.25) is 10.0 Å². The van der Waals surface area contributed by atoms with Crippen molar-refractivity contribution in [3.05, 3.63) is 132 Å². The molecule has 0 spiro atoms. The molecule has 220 valence electrons. The third kappa shape index (κ3) is 7.13. The second-order valence-electron chi connectivity index (χ2n) is 10.2. The number of nitrogens with one attached hydrogen (secondary N) is 1. The van der Waals surface area contributed by atoms with Crippen LogP contribution in [0.25, 0.3) is 10.9 Å². The summed E-state index contributed by atoms with van der Waals surface area (Å²) in [5.74, 6) is 0.713. The highest BCUT2D eigenvalue weighted by molar-refractivity contribution is 7.99. The number of sulfonamides is 1. The van der Waals surface area contributed by atoms with Gasteiger partial charge in [0.05, 0.1) is 29.4 Å². The molecule has 1 aliphatic rings. The normalized spacial score (nSPS) is 19.0. The molecular formula is C33H31N3O5S2. The summed E-state index contributed by atoms with van der Waals surface area (Å²) in [6, 6.07) is 30.0. The van der Waals surface area contributed by atoms with Crippen LogP contribution in [0.3, 0.4) is 0 Å².